The number of allylic oxidation sites excluding steroid dienone is 2. The Balaban J connectivity index is 1.44. The van der Waals surface area contributed by atoms with Gasteiger partial charge in [0.2, 0.25) is 0 Å². The van der Waals surface area contributed by atoms with Crippen LogP contribution >= 0.6 is 0 Å². The Morgan fingerprint density at radius 2 is 1.70 bits per heavy atom. The van der Waals surface area contributed by atoms with Crippen LogP contribution in [0.15, 0.2) is 35.9 Å². The summed E-state index contributed by atoms with van der Waals surface area (Å²) in [7, 11) is 0. The van der Waals surface area contributed by atoms with Gasteiger partial charge in [-0.25, -0.2) is 0 Å². The van der Waals surface area contributed by atoms with Crippen molar-refractivity contribution in [1.82, 2.24) is 0 Å². The maximum absolute atomic E-state index is 12.3. The molecule has 3 heteroatoms. The van der Waals surface area contributed by atoms with Crippen molar-refractivity contribution in [2.45, 2.75) is 90.1 Å². The lowest BCUT2D eigenvalue weighted by Gasteiger charge is -2.35. The van der Waals surface area contributed by atoms with Crippen LogP contribution < -0.4 is 4.74 Å². The van der Waals surface area contributed by atoms with E-state index in [4.69, 9.17) is 0 Å². The Hall–Kier alpha value is -1.38. The highest BCUT2D eigenvalue weighted by molar-refractivity contribution is 5.29. The van der Waals surface area contributed by atoms with Crippen LogP contribution in [-0.2, 0) is 0 Å². The van der Waals surface area contributed by atoms with Crippen molar-refractivity contribution in [1.29, 1.82) is 0 Å². The number of unbranched alkanes of at least 4 members (excludes halogenated alkanes) is 2. The molecule has 1 nitrogen and oxygen atoms in total. The van der Waals surface area contributed by atoms with Gasteiger partial charge in [0, 0.05) is 0 Å². The summed E-state index contributed by atoms with van der Waals surface area (Å²) in [5, 5.41) is 0. The number of hydrogen-bond donors (Lipinski definition) is 0. The molecule has 0 bridgehead atoms. The van der Waals surface area contributed by atoms with Crippen molar-refractivity contribution in [2.75, 3.05) is 0 Å². The van der Waals surface area contributed by atoms with Crippen LogP contribution in [0.25, 0.3) is 0 Å². The average Bonchev–Trinajstić information content (AvgIpc) is 2.69. The van der Waals surface area contributed by atoms with Crippen molar-refractivity contribution in [2.24, 2.45) is 11.8 Å². The quantitative estimate of drug-likeness (QED) is 0.331. The summed E-state index contributed by atoms with van der Waals surface area (Å²) in [6.07, 6.45) is 17.0. The SMILES string of the molecule is CCCCCC1=CCC(C2CCC(c3ccc(OC(F)F)cc3)CC2)CC1. The van der Waals surface area contributed by atoms with Crippen molar-refractivity contribution in [3.05, 3.63) is 41.5 Å². The molecule has 27 heavy (non-hydrogen) atoms. The molecule has 1 fully saturated rings. The normalized spacial score (nSPS) is 26.1. The standard InChI is InChI=1S/C24H34F2O/c1-2-3-4-5-18-6-8-19(9-7-18)20-10-12-21(13-11-20)22-14-16-23(17-15-22)27-24(25)26/h6,14-17,19-21,24H,2-5,7-13H2,1H3. The second-order valence-corrected chi connectivity index (χ2v) is 8.41. The van der Waals surface area contributed by atoms with E-state index < -0.39 is 6.61 Å². The van der Waals surface area contributed by atoms with E-state index in [1.807, 2.05) is 12.1 Å². The van der Waals surface area contributed by atoms with Crippen LogP contribution in [-0.4, -0.2) is 6.61 Å². The minimum absolute atomic E-state index is 0.256. The van der Waals surface area contributed by atoms with Crippen molar-refractivity contribution >= 4 is 0 Å². The van der Waals surface area contributed by atoms with Crippen LogP contribution in [0.2, 0.25) is 0 Å². The summed E-state index contributed by atoms with van der Waals surface area (Å²) < 4.78 is 29.0. The fourth-order valence-electron chi connectivity index (χ4n) is 5.01. The van der Waals surface area contributed by atoms with Crippen LogP contribution in [0.5, 0.6) is 5.75 Å². The molecule has 0 amide bonds. The smallest absolute Gasteiger partial charge is 0.387 e. The van der Waals surface area contributed by atoms with Gasteiger partial charge in [0.25, 0.3) is 0 Å². The molecule has 1 atom stereocenters. The molecular formula is C24H34F2O. The van der Waals surface area contributed by atoms with Gasteiger partial charge in [-0.2, -0.15) is 8.78 Å². The lowest BCUT2D eigenvalue weighted by molar-refractivity contribution is -0.0498. The molecule has 1 aromatic rings. The van der Waals surface area contributed by atoms with Crippen LogP contribution in [0, 0.1) is 11.8 Å². The van der Waals surface area contributed by atoms with E-state index >= 15 is 0 Å². The summed E-state index contributed by atoms with van der Waals surface area (Å²) in [6.45, 7) is -0.476. The Kier molecular flexibility index (Phi) is 7.72. The molecule has 0 N–H and O–H groups in total. The van der Waals surface area contributed by atoms with Crippen LogP contribution in [0.1, 0.15) is 89.0 Å². The zero-order chi connectivity index (χ0) is 19.1. The maximum atomic E-state index is 12.3. The maximum Gasteiger partial charge on any atom is 0.387 e. The second kappa shape index (κ2) is 10.2. The first kappa shape index (κ1) is 20.4. The third-order valence-electron chi connectivity index (χ3n) is 6.66. The molecule has 0 radical (unpaired) electrons. The lowest BCUT2D eigenvalue weighted by atomic mass is 9.70. The number of benzene rings is 1. The first-order valence-corrected chi connectivity index (χ1v) is 10.9. The summed E-state index contributed by atoms with van der Waals surface area (Å²) in [6, 6.07) is 7.29. The molecule has 1 saturated carbocycles. The highest BCUT2D eigenvalue weighted by Gasteiger charge is 2.29. The fourth-order valence-corrected chi connectivity index (χ4v) is 5.01. The van der Waals surface area contributed by atoms with E-state index in [9.17, 15) is 8.78 Å². The summed E-state index contributed by atoms with van der Waals surface area (Å²) in [5.74, 6) is 2.58. The monoisotopic (exact) mass is 376 g/mol. The Morgan fingerprint density at radius 1 is 0.963 bits per heavy atom. The molecule has 0 saturated heterocycles. The van der Waals surface area contributed by atoms with Gasteiger partial charge in [-0.15, -0.1) is 0 Å². The molecule has 1 aromatic carbocycles. The van der Waals surface area contributed by atoms with Gasteiger partial charge >= 0.3 is 6.61 Å². The fraction of sp³-hybridized carbons (Fsp3) is 0.667. The van der Waals surface area contributed by atoms with Gasteiger partial charge in [0.1, 0.15) is 5.75 Å². The van der Waals surface area contributed by atoms with Gasteiger partial charge in [-0.1, -0.05) is 43.5 Å². The molecular weight excluding hydrogens is 342 g/mol. The number of halogens is 2. The third kappa shape index (κ3) is 6.05. The molecule has 0 heterocycles. The van der Waals surface area contributed by atoms with E-state index in [-0.39, 0.29) is 5.75 Å². The lowest BCUT2D eigenvalue weighted by Crippen LogP contribution is -2.22. The van der Waals surface area contributed by atoms with Gasteiger partial charge in [-0.3, -0.25) is 0 Å². The Bertz CT molecular complexity index is 585. The Morgan fingerprint density at radius 3 is 2.30 bits per heavy atom. The van der Waals surface area contributed by atoms with E-state index in [0.29, 0.717) is 5.92 Å². The van der Waals surface area contributed by atoms with Crippen molar-refractivity contribution < 1.29 is 13.5 Å². The summed E-state index contributed by atoms with van der Waals surface area (Å²) in [5.41, 5.74) is 2.98. The number of ether oxygens (including phenoxy) is 1. The number of alkyl halides is 2. The first-order valence-electron chi connectivity index (χ1n) is 10.9. The van der Waals surface area contributed by atoms with Crippen molar-refractivity contribution in [3.63, 3.8) is 0 Å². The zero-order valence-corrected chi connectivity index (χ0v) is 16.6. The molecule has 150 valence electrons. The van der Waals surface area contributed by atoms with Gasteiger partial charge in [0.15, 0.2) is 0 Å². The minimum atomic E-state index is -2.75. The largest absolute Gasteiger partial charge is 0.435 e. The van der Waals surface area contributed by atoms with Crippen LogP contribution in [0.3, 0.4) is 0 Å². The second-order valence-electron chi connectivity index (χ2n) is 8.41. The zero-order valence-electron chi connectivity index (χ0n) is 16.6. The highest BCUT2D eigenvalue weighted by Crippen LogP contribution is 2.43. The molecule has 0 aromatic heterocycles. The minimum Gasteiger partial charge on any atom is -0.435 e. The van der Waals surface area contributed by atoms with E-state index in [1.165, 1.54) is 76.2 Å². The molecule has 2 aliphatic carbocycles. The first-order chi connectivity index (χ1) is 13.2. The van der Waals surface area contributed by atoms with Gasteiger partial charge in [-0.05, 0) is 93.2 Å². The number of rotatable bonds is 8. The topological polar surface area (TPSA) is 9.23 Å². The van der Waals surface area contributed by atoms with E-state index in [0.717, 1.165) is 11.8 Å². The summed E-state index contributed by atoms with van der Waals surface area (Å²) >= 11 is 0. The predicted octanol–water partition coefficient (Wildman–Crippen LogP) is 7.87. The predicted molar refractivity (Wildman–Crippen MR) is 107 cm³/mol. The van der Waals surface area contributed by atoms with Crippen LogP contribution in [0.4, 0.5) is 8.78 Å². The molecule has 3 rings (SSSR count). The average molecular weight is 377 g/mol. The molecule has 0 aliphatic heterocycles. The van der Waals surface area contributed by atoms with Crippen molar-refractivity contribution in [3.8, 4) is 5.75 Å². The molecule has 1 unspecified atom stereocenters. The van der Waals surface area contributed by atoms with Gasteiger partial charge < -0.3 is 4.74 Å². The third-order valence-corrected chi connectivity index (χ3v) is 6.66. The molecule has 2 aliphatic rings. The number of hydrogen-bond acceptors (Lipinski definition) is 1. The highest BCUT2D eigenvalue weighted by atomic mass is 19.3. The van der Waals surface area contributed by atoms with Gasteiger partial charge in [0.05, 0.1) is 0 Å². The van der Waals surface area contributed by atoms with E-state index in [2.05, 4.69) is 17.7 Å². The van der Waals surface area contributed by atoms with E-state index in [1.54, 1.807) is 17.7 Å². The molecule has 0 spiro atoms. The summed E-state index contributed by atoms with van der Waals surface area (Å²) in [4.78, 5) is 0. The Labute approximate surface area is 163 Å².